The first-order valence-corrected chi connectivity index (χ1v) is 11.1. The van der Waals surface area contributed by atoms with Crippen molar-refractivity contribution in [3.63, 3.8) is 0 Å². The van der Waals surface area contributed by atoms with Gasteiger partial charge in [0.05, 0.1) is 6.54 Å². The van der Waals surface area contributed by atoms with Crippen molar-refractivity contribution in [1.29, 1.82) is 0 Å². The van der Waals surface area contributed by atoms with Gasteiger partial charge in [-0.15, -0.1) is 0 Å². The van der Waals surface area contributed by atoms with E-state index in [4.69, 9.17) is 4.74 Å². The zero-order valence-electron chi connectivity index (χ0n) is 16.9. The number of carbonyl (C=O) groups excluding carboxylic acids is 3. The van der Waals surface area contributed by atoms with Crippen molar-refractivity contribution in [3.05, 3.63) is 59.2 Å². The van der Waals surface area contributed by atoms with Crippen molar-refractivity contribution in [2.24, 2.45) is 0 Å². The number of hydrogen-bond donors (Lipinski definition) is 1. The minimum absolute atomic E-state index is 0.200. The van der Waals surface area contributed by atoms with Gasteiger partial charge in [-0.05, 0) is 53.8 Å². The van der Waals surface area contributed by atoms with Gasteiger partial charge in [0.15, 0.2) is 4.90 Å². The fraction of sp³-hybridized carbons (Fsp3) is 0.318. The van der Waals surface area contributed by atoms with E-state index in [0.29, 0.717) is 25.2 Å². The summed E-state index contributed by atoms with van der Waals surface area (Å²) < 4.78 is 17.5. The number of rotatable bonds is 8. The van der Waals surface area contributed by atoms with Crippen LogP contribution in [0, 0.1) is 6.92 Å². The number of benzene rings is 2. The van der Waals surface area contributed by atoms with Crippen LogP contribution in [0.5, 0.6) is 5.75 Å². The number of nitrogens with one attached hydrogen (secondary N) is 1. The van der Waals surface area contributed by atoms with Crippen LogP contribution >= 0.6 is 0 Å². The Morgan fingerprint density at radius 1 is 1.23 bits per heavy atom. The van der Waals surface area contributed by atoms with Crippen molar-refractivity contribution >= 4 is 29.4 Å². The molecule has 8 heteroatoms. The molecule has 0 aromatic heterocycles. The highest BCUT2D eigenvalue weighted by molar-refractivity contribution is 7.90. The first kappa shape index (κ1) is 21.9. The molecule has 0 saturated carbocycles. The van der Waals surface area contributed by atoms with Gasteiger partial charge in [0.1, 0.15) is 24.7 Å². The lowest BCUT2D eigenvalue weighted by molar-refractivity contribution is -0.141. The maximum absolute atomic E-state index is 12.2. The van der Waals surface area contributed by atoms with Crippen molar-refractivity contribution in [2.45, 2.75) is 43.9 Å². The van der Waals surface area contributed by atoms with Crippen molar-refractivity contribution in [1.82, 2.24) is 10.2 Å². The van der Waals surface area contributed by atoms with Crippen LogP contribution in [-0.4, -0.2) is 40.0 Å². The van der Waals surface area contributed by atoms with E-state index < -0.39 is 23.1 Å². The molecule has 158 valence electrons. The SMILES string of the molecule is Cc1cccc(OCc2ccc([S+](C)[O-])cc2)c1CN(C=O)C1CCC(=O)NC1=O. The van der Waals surface area contributed by atoms with E-state index in [9.17, 15) is 18.9 Å². The van der Waals surface area contributed by atoms with Crippen LogP contribution in [0.1, 0.15) is 29.5 Å². The zero-order chi connectivity index (χ0) is 21.7. The average Bonchev–Trinajstić information content (AvgIpc) is 2.72. The van der Waals surface area contributed by atoms with Gasteiger partial charge in [0.2, 0.25) is 18.2 Å². The van der Waals surface area contributed by atoms with Gasteiger partial charge in [0, 0.05) is 12.0 Å². The largest absolute Gasteiger partial charge is 0.612 e. The Labute approximate surface area is 178 Å². The summed E-state index contributed by atoms with van der Waals surface area (Å²) in [6.45, 7) is 2.43. The third kappa shape index (κ3) is 5.20. The minimum Gasteiger partial charge on any atom is -0.612 e. The molecule has 0 bridgehead atoms. The van der Waals surface area contributed by atoms with Gasteiger partial charge in [-0.2, -0.15) is 0 Å². The van der Waals surface area contributed by atoms with Gasteiger partial charge in [-0.1, -0.05) is 24.3 Å². The Hall–Kier alpha value is -2.84. The second kappa shape index (κ2) is 9.77. The van der Waals surface area contributed by atoms with E-state index in [-0.39, 0.29) is 18.9 Å². The third-order valence-corrected chi connectivity index (χ3v) is 6.04. The molecule has 7 nitrogen and oxygen atoms in total. The number of nitrogens with zero attached hydrogens (tertiary/aromatic N) is 1. The van der Waals surface area contributed by atoms with Crippen LogP contribution in [0.3, 0.4) is 0 Å². The molecule has 2 aromatic rings. The lowest BCUT2D eigenvalue weighted by atomic mass is 10.0. The number of ether oxygens (including phenoxy) is 1. The van der Waals surface area contributed by atoms with E-state index in [1.807, 2.05) is 49.4 Å². The first-order chi connectivity index (χ1) is 14.4. The number of piperidine rings is 1. The second-order valence-electron chi connectivity index (χ2n) is 7.18. The Balaban J connectivity index is 1.74. The zero-order valence-corrected chi connectivity index (χ0v) is 17.7. The van der Waals surface area contributed by atoms with Crippen LogP contribution in [0.2, 0.25) is 0 Å². The second-order valence-corrected chi connectivity index (χ2v) is 8.56. The molecule has 1 saturated heterocycles. The van der Waals surface area contributed by atoms with Crippen molar-refractivity contribution < 1.29 is 23.7 Å². The summed E-state index contributed by atoms with van der Waals surface area (Å²) in [5.74, 6) is -0.153. The van der Waals surface area contributed by atoms with E-state index >= 15 is 0 Å². The summed E-state index contributed by atoms with van der Waals surface area (Å²) in [7, 11) is 0. The highest BCUT2D eigenvalue weighted by atomic mass is 32.2. The predicted octanol–water partition coefficient (Wildman–Crippen LogP) is 2.08. The van der Waals surface area contributed by atoms with Gasteiger partial charge in [-0.25, -0.2) is 0 Å². The number of amides is 3. The molecule has 1 N–H and O–H groups in total. The molecule has 3 rings (SSSR count). The van der Waals surface area contributed by atoms with Gasteiger partial charge < -0.3 is 14.2 Å². The molecule has 1 aliphatic heterocycles. The molecule has 1 heterocycles. The summed E-state index contributed by atoms with van der Waals surface area (Å²) in [4.78, 5) is 37.4. The molecule has 2 aromatic carbocycles. The van der Waals surface area contributed by atoms with Crippen LogP contribution in [-0.2, 0) is 38.7 Å². The summed E-state index contributed by atoms with van der Waals surface area (Å²) in [6, 6.07) is 12.3. The van der Waals surface area contributed by atoms with Gasteiger partial charge in [-0.3, -0.25) is 19.7 Å². The standard InChI is InChI=1S/C22H24N2O5S/c1-15-4-3-5-20(29-13-16-6-8-17(9-7-16)30(2)28)18(15)12-24(14-25)19-10-11-21(26)23-22(19)27/h3-9,14,19H,10-13H2,1-2H3,(H,23,26,27). The molecule has 1 fully saturated rings. The van der Waals surface area contributed by atoms with Crippen molar-refractivity contribution in [2.75, 3.05) is 6.26 Å². The summed E-state index contributed by atoms with van der Waals surface area (Å²) in [6.07, 6.45) is 2.78. The molecule has 2 unspecified atom stereocenters. The maximum Gasteiger partial charge on any atom is 0.249 e. The monoisotopic (exact) mass is 428 g/mol. The van der Waals surface area contributed by atoms with Gasteiger partial charge >= 0.3 is 0 Å². The Morgan fingerprint density at radius 3 is 2.60 bits per heavy atom. The quantitative estimate of drug-likeness (QED) is 0.394. The molecular weight excluding hydrogens is 404 g/mol. The third-order valence-electron chi connectivity index (χ3n) is 5.10. The Kier molecular flexibility index (Phi) is 7.12. The van der Waals surface area contributed by atoms with Crippen LogP contribution < -0.4 is 10.1 Å². The highest BCUT2D eigenvalue weighted by Crippen LogP contribution is 2.26. The Bertz CT molecular complexity index is 930. The summed E-state index contributed by atoms with van der Waals surface area (Å²) in [5, 5.41) is 2.29. The molecule has 30 heavy (non-hydrogen) atoms. The molecule has 3 amide bonds. The van der Waals surface area contributed by atoms with E-state index in [2.05, 4.69) is 5.32 Å². The fourth-order valence-corrected chi connectivity index (χ4v) is 3.87. The molecule has 0 radical (unpaired) electrons. The number of carbonyl (C=O) groups is 3. The van der Waals surface area contributed by atoms with E-state index in [0.717, 1.165) is 21.6 Å². The first-order valence-electron chi connectivity index (χ1n) is 9.57. The topological polar surface area (TPSA) is 98.8 Å². The lowest BCUT2D eigenvalue weighted by Gasteiger charge is -2.30. The molecule has 1 aliphatic rings. The number of hydrogen-bond acceptors (Lipinski definition) is 5. The highest BCUT2D eigenvalue weighted by Gasteiger charge is 2.31. The van der Waals surface area contributed by atoms with E-state index in [1.165, 1.54) is 4.90 Å². The predicted molar refractivity (Wildman–Crippen MR) is 112 cm³/mol. The van der Waals surface area contributed by atoms with E-state index in [1.54, 1.807) is 6.26 Å². The molecular formula is C22H24N2O5S. The number of aryl methyl sites for hydroxylation is 1. The number of imide groups is 1. The molecule has 2 atom stereocenters. The normalized spacial score (nSPS) is 17.2. The van der Waals surface area contributed by atoms with Crippen LogP contribution in [0.25, 0.3) is 0 Å². The average molecular weight is 429 g/mol. The molecule has 0 spiro atoms. The van der Waals surface area contributed by atoms with Crippen molar-refractivity contribution in [3.8, 4) is 5.75 Å². The fourth-order valence-electron chi connectivity index (χ4n) is 3.35. The molecule has 0 aliphatic carbocycles. The van der Waals surface area contributed by atoms with Crippen LogP contribution in [0.4, 0.5) is 0 Å². The minimum atomic E-state index is -1.03. The maximum atomic E-state index is 12.2. The summed E-state index contributed by atoms with van der Waals surface area (Å²) in [5.41, 5.74) is 2.66. The Morgan fingerprint density at radius 2 is 1.97 bits per heavy atom. The van der Waals surface area contributed by atoms with Gasteiger partial charge in [0.25, 0.3) is 0 Å². The lowest BCUT2D eigenvalue weighted by Crippen LogP contribution is -2.51. The summed E-state index contributed by atoms with van der Waals surface area (Å²) >= 11 is -1.03. The smallest absolute Gasteiger partial charge is 0.249 e. The van der Waals surface area contributed by atoms with Crippen LogP contribution in [0.15, 0.2) is 47.4 Å².